The quantitative estimate of drug-likeness (QED) is 0.303. The van der Waals surface area contributed by atoms with Gasteiger partial charge >= 0.3 is 5.97 Å². The molecule has 0 amide bonds. The molecule has 39 heavy (non-hydrogen) atoms. The summed E-state index contributed by atoms with van der Waals surface area (Å²) in [6.45, 7) is 0.343. The Morgan fingerprint density at radius 1 is 0.949 bits per heavy atom. The van der Waals surface area contributed by atoms with Crippen LogP contribution in [0.1, 0.15) is 82.4 Å². The normalized spacial score (nSPS) is 31.3. The second-order valence-electron chi connectivity index (χ2n) is 12.0. The number of fused-ring (bicyclic) bond motifs is 5. The van der Waals surface area contributed by atoms with Crippen LogP contribution in [0.3, 0.4) is 0 Å². The van der Waals surface area contributed by atoms with Gasteiger partial charge in [-0.3, -0.25) is 9.69 Å². The van der Waals surface area contributed by atoms with Crippen LogP contribution in [0.4, 0.5) is 0 Å². The molecule has 1 aromatic carbocycles. The monoisotopic (exact) mass is 536 g/mol. The molecule has 3 unspecified atom stereocenters. The number of nitrogens with zero attached hydrogens (tertiary/aromatic N) is 4. The molecule has 210 valence electrons. The third kappa shape index (κ3) is 5.23. The second kappa shape index (κ2) is 11.4. The predicted octanol–water partition coefficient (Wildman–Crippen LogP) is 4.38. The van der Waals surface area contributed by atoms with E-state index >= 15 is 0 Å². The number of benzene rings is 1. The molecule has 1 N–H and O–H groups in total. The highest BCUT2D eigenvalue weighted by molar-refractivity contribution is 6.41. The Bertz CT molecular complexity index is 1260. The van der Waals surface area contributed by atoms with E-state index in [2.05, 4.69) is 15.0 Å². The molecule has 9 nitrogen and oxygen atoms in total. The van der Waals surface area contributed by atoms with E-state index in [1.165, 1.54) is 64.9 Å². The van der Waals surface area contributed by atoms with Crippen molar-refractivity contribution >= 4 is 22.7 Å². The molecular formula is C30H40N4O5. The number of methoxy groups -OCH3 is 1. The lowest BCUT2D eigenvalue weighted by Crippen LogP contribution is -2.52. The molecule has 4 aliphatic rings. The number of ether oxygens (including phenoxy) is 1. The van der Waals surface area contributed by atoms with E-state index in [0.717, 1.165) is 30.2 Å². The zero-order valence-electron chi connectivity index (χ0n) is 22.8. The number of hydrogen-bond acceptors (Lipinski definition) is 7. The minimum absolute atomic E-state index is 0.00628. The maximum absolute atomic E-state index is 14.0. The van der Waals surface area contributed by atoms with Crippen molar-refractivity contribution in [2.75, 3.05) is 20.3 Å². The van der Waals surface area contributed by atoms with Crippen LogP contribution in [0.25, 0.3) is 11.0 Å². The van der Waals surface area contributed by atoms with Crippen molar-refractivity contribution in [2.24, 2.45) is 17.0 Å². The first-order valence-corrected chi connectivity index (χ1v) is 14.7. The fourth-order valence-corrected chi connectivity index (χ4v) is 8.19. The zero-order chi connectivity index (χ0) is 26.9. The molecule has 9 heteroatoms. The molecule has 0 radical (unpaired) electrons. The largest absolute Gasteiger partial charge is 0.476 e. The molecule has 2 saturated carbocycles. The van der Waals surface area contributed by atoms with Crippen molar-refractivity contribution in [1.82, 2.24) is 14.5 Å². The van der Waals surface area contributed by atoms with Gasteiger partial charge in [-0.05, 0) is 68.9 Å². The minimum atomic E-state index is -1.34. The van der Waals surface area contributed by atoms with Gasteiger partial charge in [-0.1, -0.05) is 43.0 Å². The molecule has 6 rings (SSSR count). The van der Waals surface area contributed by atoms with E-state index in [0.29, 0.717) is 23.6 Å². The van der Waals surface area contributed by atoms with Gasteiger partial charge in [0.05, 0.1) is 17.6 Å². The van der Waals surface area contributed by atoms with Crippen LogP contribution in [-0.4, -0.2) is 69.7 Å². The summed E-state index contributed by atoms with van der Waals surface area (Å²) in [5, 5.41) is 13.7. The van der Waals surface area contributed by atoms with Gasteiger partial charge in [0.1, 0.15) is 6.61 Å². The molecule has 5 atom stereocenters. The molecule has 1 aromatic heterocycles. The first-order chi connectivity index (χ1) is 19.0. The number of hydrogen-bond donors (Lipinski definition) is 1. The van der Waals surface area contributed by atoms with Crippen molar-refractivity contribution < 1.29 is 19.5 Å². The van der Waals surface area contributed by atoms with E-state index in [4.69, 9.17) is 9.57 Å². The average molecular weight is 537 g/mol. The van der Waals surface area contributed by atoms with E-state index in [1.54, 1.807) is 0 Å². The SMILES string of the molecule is COCCON=C(C(=O)O)c1nc2ccccc2n(C2C[C@H]3CC[C@@H](C2)N3C2CC3CCCCC(C3)C2)c1=O. The Balaban J connectivity index is 1.32. The second-order valence-corrected chi connectivity index (χ2v) is 12.0. The Kier molecular flexibility index (Phi) is 7.71. The van der Waals surface area contributed by atoms with Gasteiger partial charge in [0.15, 0.2) is 5.69 Å². The van der Waals surface area contributed by atoms with Crippen molar-refractivity contribution in [1.29, 1.82) is 0 Å². The molecule has 0 spiro atoms. The zero-order valence-corrected chi connectivity index (χ0v) is 22.8. The lowest BCUT2D eigenvalue weighted by atomic mass is 9.76. The number of oxime groups is 1. The lowest BCUT2D eigenvalue weighted by Gasteiger charge is -2.48. The standard InChI is InChI=1S/C30H40N4O5/c1-38-12-13-39-32-28(30(36)37)27-29(35)34(26-9-5-4-8-25(26)31-27)24-17-21-10-11-22(18-24)33(21)23-15-19-6-2-3-7-20(14-19)16-23/h4-5,8-9,19-24H,2-3,6-7,10-18H2,1H3,(H,36,37)/t19?,20?,21-,22+,23?,24?. The molecule has 2 aromatic rings. The third-order valence-corrected chi connectivity index (χ3v) is 9.66. The topological polar surface area (TPSA) is 106 Å². The number of aliphatic carboxylic acids is 1. The number of carboxylic acid groups (broad SMARTS) is 1. The molecule has 2 aliphatic heterocycles. The minimum Gasteiger partial charge on any atom is -0.476 e. The Morgan fingerprint density at radius 2 is 1.64 bits per heavy atom. The highest BCUT2D eigenvalue weighted by Crippen LogP contribution is 2.47. The molecular weight excluding hydrogens is 496 g/mol. The fourth-order valence-electron chi connectivity index (χ4n) is 8.19. The highest BCUT2D eigenvalue weighted by Gasteiger charge is 2.47. The van der Waals surface area contributed by atoms with Crippen LogP contribution in [0, 0.1) is 11.8 Å². The van der Waals surface area contributed by atoms with Gasteiger partial charge < -0.3 is 19.2 Å². The Morgan fingerprint density at radius 3 is 2.31 bits per heavy atom. The van der Waals surface area contributed by atoms with Gasteiger partial charge in [-0.2, -0.15) is 0 Å². The molecule has 2 aliphatic carbocycles. The summed E-state index contributed by atoms with van der Waals surface area (Å²) >= 11 is 0. The Hall–Kier alpha value is -2.78. The number of aromatic nitrogens is 2. The first-order valence-electron chi connectivity index (χ1n) is 14.7. The summed E-state index contributed by atoms with van der Waals surface area (Å²) in [6.07, 6.45) is 13.8. The molecule has 4 fully saturated rings. The maximum Gasteiger partial charge on any atom is 0.360 e. The van der Waals surface area contributed by atoms with Gasteiger partial charge in [0.25, 0.3) is 5.56 Å². The van der Waals surface area contributed by atoms with Crippen molar-refractivity contribution in [3.8, 4) is 0 Å². The van der Waals surface area contributed by atoms with Gasteiger partial charge in [0.2, 0.25) is 5.71 Å². The number of rotatable bonds is 8. The highest BCUT2D eigenvalue weighted by atomic mass is 16.6. The summed E-state index contributed by atoms with van der Waals surface area (Å²) in [5.41, 5.74) is 0.277. The van der Waals surface area contributed by atoms with Gasteiger partial charge in [-0.25, -0.2) is 9.78 Å². The number of piperidine rings is 1. The first kappa shape index (κ1) is 26.4. The van der Waals surface area contributed by atoms with E-state index in [1.807, 2.05) is 28.8 Å². The average Bonchev–Trinajstić information content (AvgIpc) is 3.08. The summed E-state index contributed by atoms with van der Waals surface area (Å²) in [5.74, 6) is 0.414. The van der Waals surface area contributed by atoms with Crippen LogP contribution >= 0.6 is 0 Å². The van der Waals surface area contributed by atoms with Crippen molar-refractivity contribution in [2.45, 2.75) is 94.8 Å². The predicted molar refractivity (Wildman–Crippen MR) is 148 cm³/mol. The van der Waals surface area contributed by atoms with E-state index in [9.17, 15) is 14.7 Å². The van der Waals surface area contributed by atoms with Gasteiger partial charge in [0, 0.05) is 31.3 Å². The maximum atomic E-state index is 14.0. The number of carbonyl (C=O) groups is 1. The van der Waals surface area contributed by atoms with E-state index < -0.39 is 17.2 Å². The van der Waals surface area contributed by atoms with Gasteiger partial charge in [-0.15, -0.1) is 0 Å². The summed E-state index contributed by atoms with van der Waals surface area (Å²) in [6, 6.07) is 9.10. The van der Waals surface area contributed by atoms with Crippen LogP contribution in [0.2, 0.25) is 0 Å². The van der Waals surface area contributed by atoms with Crippen LogP contribution in [0.15, 0.2) is 34.2 Å². The van der Waals surface area contributed by atoms with E-state index in [-0.39, 0.29) is 24.9 Å². The molecule has 4 bridgehead atoms. The van der Waals surface area contributed by atoms with Crippen LogP contribution in [0.5, 0.6) is 0 Å². The summed E-state index contributed by atoms with van der Waals surface area (Å²) < 4.78 is 6.76. The smallest absolute Gasteiger partial charge is 0.360 e. The number of carboxylic acids is 1. The molecule has 2 saturated heterocycles. The fraction of sp³-hybridized carbons (Fsp3) is 0.667. The molecule has 3 heterocycles. The van der Waals surface area contributed by atoms with Crippen molar-refractivity contribution in [3.63, 3.8) is 0 Å². The van der Waals surface area contributed by atoms with Crippen molar-refractivity contribution in [3.05, 3.63) is 40.3 Å². The summed E-state index contributed by atoms with van der Waals surface area (Å²) in [4.78, 5) is 38.6. The summed E-state index contributed by atoms with van der Waals surface area (Å²) in [7, 11) is 1.52. The number of para-hydroxylation sites is 2. The Labute approximate surface area is 229 Å². The third-order valence-electron chi connectivity index (χ3n) is 9.66. The van der Waals surface area contributed by atoms with Crippen LogP contribution < -0.4 is 5.56 Å². The van der Waals surface area contributed by atoms with Crippen LogP contribution in [-0.2, 0) is 14.4 Å². The lowest BCUT2D eigenvalue weighted by molar-refractivity contribution is -0.129.